The van der Waals surface area contributed by atoms with Crippen molar-refractivity contribution in [2.75, 3.05) is 7.11 Å². The van der Waals surface area contributed by atoms with Crippen LogP contribution in [0.15, 0.2) is 18.2 Å². The van der Waals surface area contributed by atoms with Crippen molar-refractivity contribution in [3.63, 3.8) is 0 Å². The SMILES string of the molecule is COc1cccc(C#CCC(N)=O)c1C#N. The lowest BCUT2D eigenvalue weighted by atomic mass is 10.1. The molecule has 0 unspecified atom stereocenters. The summed E-state index contributed by atoms with van der Waals surface area (Å²) in [5.41, 5.74) is 5.85. The molecule has 1 aromatic rings. The molecule has 1 aromatic carbocycles. The average molecular weight is 214 g/mol. The molecule has 1 rings (SSSR count). The predicted octanol–water partition coefficient (Wildman–Crippen LogP) is 0.794. The van der Waals surface area contributed by atoms with Gasteiger partial charge in [0.05, 0.1) is 13.5 Å². The van der Waals surface area contributed by atoms with Gasteiger partial charge in [-0.15, -0.1) is 0 Å². The van der Waals surface area contributed by atoms with Crippen LogP contribution in [0.5, 0.6) is 5.75 Å². The summed E-state index contributed by atoms with van der Waals surface area (Å²) < 4.78 is 5.02. The van der Waals surface area contributed by atoms with Gasteiger partial charge in [-0.25, -0.2) is 0 Å². The van der Waals surface area contributed by atoms with Gasteiger partial charge in [0, 0.05) is 5.56 Å². The van der Waals surface area contributed by atoms with E-state index in [-0.39, 0.29) is 6.42 Å². The molecule has 0 spiro atoms. The van der Waals surface area contributed by atoms with Gasteiger partial charge >= 0.3 is 0 Å². The second kappa shape index (κ2) is 5.43. The predicted molar refractivity (Wildman–Crippen MR) is 58.4 cm³/mol. The molecule has 0 aromatic heterocycles. The number of primary amides is 1. The summed E-state index contributed by atoms with van der Waals surface area (Å²) in [6.07, 6.45) is -0.0257. The zero-order valence-electron chi connectivity index (χ0n) is 8.78. The first-order chi connectivity index (χ1) is 7.69. The number of benzene rings is 1. The van der Waals surface area contributed by atoms with Crippen molar-refractivity contribution in [3.05, 3.63) is 29.3 Å². The van der Waals surface area contributed by atoms with Gasteiger partial charge in [-0.1, -0.05) is 17.9 Å². The second-order valence-corrected chi connectivity index (χ2v) is 2.94. The van der Waals surface area contributed by atoms with E-state index in [0.29, 0.717) is 16.9 Å². The minimum Gasteiger partial charge on any atom is -0.495 e. The number of rotatable bonds is 2. The topological polar surface area (TPSA) is 76.1 Å². The van der Waals surface area contributed by atoms with Crippen LogP contribution in [0.3, 0.4) is 0 Å². The molecule has 0 bridgehead atoms. The molecule has 16 heavy (non-hydrogen) atoms. The number of nitrogens with two attached hydrogens (primary N) is 1. The van der Waals surface area contributed by atoms with Gasteiger partial charge < -0.3 is 10.5 Å². The maximum absolute atomic E-state index is 10.5. The van der Waals surface area contributed by atoms with Gasteiger partial charge in [0.1, 0.15) is 17.4 Å². The van der Waals surface area contributed by atoms with E-state index < -0.39 is 5.91 Å². The Kier molecular flexibility index (Phi) is 3.94. The van der Waals surface area contributed by atoms with Crippen LogP contribution in [0.4, 0.5) is 0 Å². The van der Waals surface area contributed by atoms with E-state index in [1.54, 1.807) is 18.2 Å². The maximum Gasteiger partial charge on any atom is 0.229 e. The van der Waals surface area contributed by atoms with Crippen molar-refractivity contribution in [2.45, 2.75) is 6.42 Å². The molecule has 0 saturated carbocycles. The summed E-state index contributed by atoms with van der Waals surface area (Å²) in [6, 6.07) is 7.11. The van der Waals surface area contributed by atoms with Gasteiger partial charge in [0.2, 0.25) is 5.91 Å². The smallest absolute Gasteiger partial charge is 0.229 e. The molecule has 0 aliphatic rings. The molecule has 2 N–H and O–H groups in total. The third kappa shape index (κ3) is 2.76. The summed E-state index contributed by atoms with van der Waals surface area (Å²) >= 11 is 0. The minimum atomic E-state index is -0.492. The largest absolute Gasteiger partial charge is 0.495 e. The van der Waals surface area contributed by atoms with E-state index in [1.165, 1.54) is 7.11 Å². The van der Waals surface area contributed by atoms with E-state index >= 15 is 0 Å². The lowest BCUT2D eigenvalue weighted by molar-refractivity contribution is -0.117. The number of nitrogens with zero attached hydrogens (tertiary/aromatic N) is 1. The Balaban J connectivity index is 3.08. The third-order valence-corrected chi connectivity index (χ3v) is 1.84. The van der Waals surface area contributed by atoms with E-state index in [0.717, 1.165) is 0 Å². The Morgan fingerprint density at radius 1 is 1.56 bits per heavy atom. The molecular formula is C12H10N2O2. The molecule has 1 amide bonds. The molecule has 4 nitrogen and oxygen atoms in total. The Hall–Kier alpha value is -2.46. The molecule has 0 aliphatic carbocycles. The normalized spacial score (nSPS) is 8.50. The first-order valence-corrected chi connectivity index (χ1v) is 4.53. The number of hydrogen-bond acceptors (Lipinski definition) is 3. The summed E-state index contributed by atoms with van der Waals surface area (Å²) in [5.74, 6) is 5.29. The van der Waals surface area contributed by atoms with Gasteiger partial charge in [-0.05, 0) is 12.1 Å². The van der Waals surface area contributed by atoms with Crippen LogP contribution < -0.4 is 10.5 Å². The summed E-state index contributed by atoms with van der Waals surface area (Å²) in [5, 5.41) is 8.95. The van der Waals surface area contributed by atoms with Crippen molar-refractivity contribution in [2.24, 2.45) is 5.73 Å². The van der Waals surface area contributed by atoms with E-state index in [9.17, 15) is 4.79 Å². The number of amides is 1. The Morgan fingerprint density at radius 3 is 2.88 bits per heavy atom. The number of nitriles is 1. The molecule has 0 saturated heterocycles. The zero-order valence-corrected chi connectivity index (χ0v) is 8.78. The van der Waals surface area contributed by atoms with Gasteiger partial charge in [-0.2, -0.15) is 5.26 Å². The third-order valence-electron chi connectivity index (χ3n) is 1.84. The highest BCUT2D eigenvalue weighted by molar-refractivity contribution is 5.76. The summed E-state index contributed by atoms with van der Waals surface area (Å²) in [7, 11) is 1.48. The fourth-order valence-electron chi connectivity index (χ4n) is 1.15. The highest BCUT2D eigenvalue weighted by Crippen LogP contribution is 2.20. The van der Waals surface area contributed by atoms with Crippen molar-refractivity contribution in [1.82, 2.24) is 0 Å². The lowest BCUT2D eigenvalue weighted by Gasteiger charge is -2.02. The summed E-state index contributed by atoms with van der Waals surface area (Å²) in [6.45, 7) is 0. The molecule has 0 heterocycles. The molecule has 0 atom stereocenters. The second-order valence-electron chi connectivity index (χ2n) is 2.94. The lowest BCUT2D eigenvalue weighted by Crippen LogP contribution is -2.08. The van der Waals surface area contributed by atoms with Crippen molar-refractivity contribution in [1.29, 1.82) is 5.26 Å². The Bertz CT molecular complexity index is 504. The van der Waals surface area contributed by atoms with Crippen molar-refractivity contribution in [3.8, 4) is 23.7 Å². The first kappa shape index (κ1) is 11.6. The fourth-order valence-corrected chi connectivity index (χ4v) is 1.15. The van der Waals surface area contributed by atoms with Gasteiger partial charge in [-0.3, -0.25) is 4.79 Å². The quantitative estimate of drug-likeness (QED) is 0.739. The molecule has 0 fully saturated rings. The molecule has 0 aliphatic heterocycles. The van der Waals surface area contributed by atoms with Crippen LogP contribution >= 0.6 is 0 Å². The number of carbonyl (C=O) groups excluding carboxylic acids is 1. The first-order valence-electron chi connectivity index (χ1n) is 4.53. The number of carbonyl (C=O) groups is 1. The van der Waals surface area contributed by atoms with Crippen LogP contribution in [0.1, 0.15) is 17.5 Å². The highest BCUT2D eigenvalue weighted by atomic mass is 16.5. The molecule has 4 heteroatoms. The van der Waals surface area contributed by atoms with E-state index in [1.807, 2.05) is 6.07 Å². The van der Waals surface area contributed by atoms with Crippen LogP contribution in [-0.4, -0.2) is 13.0 Å². The summed E-state index contributed by atoms with van der Waals surface area (Å²) in [4.78, 5) is 10.5. The number of ether oxygens (including phenoxy) is 1. The minimum absolute atomic E-state index is 0.0257. The Labute approximate surface area is 93.6 Å². The van der Waals surface area contributed by atoms with Crippen molar-refractivity contribution < 1.29 is 9.53 Å². The van der Waals surface area contributed by atoms with Gasteiger partial charge in [0.15, 0.2) is 0 Å². The Morgan fingerprint density at radius 2 is 2.31 bits per heavy atom. The van der Waals surface area contributed by atoms with Crippen LogP contribution in [-0.2, 0) is 4.79 Å². The van der Waals surface area contributed by atoms with E-state index in [4.69, 9.17) is 15.7 Å². The standard InChI is InChI=1S/C12H10N2O2/c1-16-11-6-2-4-9(10(11)8-13)5-3-7-12(14)15/h2,4,6H,7H2,1H3,(H2,14,15). The molecule has 80 valence electrons. The van der Waals surface area contributed by atoms with Crippen LogP contribution in [0, 0.1) is 23.2 Å². The fraction of sp³-hybridized carbons (Fsp3) is 0.167. The highest BCUT2D eigenvalue weighted by Gasteiger charge is 2.05. The van der Waals surface area contributed by atoms with E-state index in [2.05, 4.69) is 11.8 Å². The maximum atomic E-state index is 10.5. The number of hydrogen-bond donors (Lipinski definition) is 1. The zero-order chi connectivity index (χ0) is 12.0. The van der Waals surface area contributed by atoms with Gasteiger partial charge in [0.25, 0.3) is 0 Å². The number of methoxy groups -OCH3 is 1. The molecular weight excluding hydrogens is 204 g/mol. The van der Waals surface area contributed by atoms with Crippen LogP contribution in [0.25, 0.3) is 0 Å². The average Bonchev–Trinajstić information content (AvgIpc) is 2.28. The van der Waals surface area contributed by atoms with Crippen LogP contribution in [0.2, 0.25) is 0 Å². The van der Waals surface area contributed by atoms with Crippen molar-refractivity contribution >= 4 is 5.91 Å². The monoisotopic (exact) mass is 214 g/mol. The molecule has 0 radical (unpaired) electrons.